The Hall–Kier alpha value is -3.86. The standard InChI is InChI=1S/C22H21NO7/c1-13-17(10-7-11-19(13)29-14(2)24)21(26)23-18(12-16-8-5-4-6-9-16)20(22(27)28)30-15(3)25/h4-5,7-8,10-11,18,20H,12H2,1-3H3,(H,23,26)(H,27,28). The molecule has 0 fully saturated rings. The number of amides is 1. The van der Waals surface area contributed by atoms with Crippen molar-refractivity contribution in [1.29, 1.82) is 0 Å². The second-order valence-electron chi connectivity index (χ2n) is 6.50. The van der Waals surface area contributed by atoms with Gasteiger partial charge in [0.1, 0.15) is 5.75 Å². The molecule has 0 aliphatic heterocycles. The van der Waals surface area contributed by atoms with E-state index >= 15 is 0 Å². The molecule has 1 amide bonds. The highest BCUT2D eigenvalue weighted by molar-refractivity contribution is 5.97. The van der Waals surface area contributed by atoms with E-state index < -0.39 is 36.0 Å². The number of aliphatic carboxylic acids is 1. The molecule has 0 aromatic heterocycles. The molecule has 1 aromatic rings. The predicted octanol–water partition coefficient (Wildman–Crippen LogP) is 2.23. The quantitative estimate of drug-likeness (QED) is 0.382. The van der Waals surface area contributed by atoms with Gasteiger partial charge in [0.05, 0.1) is 6.04 Å². The zero-order valence-electron chi connectivity index (χ0n) is 16.7. The van der Waals surface area contributed by atoms with Crippen LogP contribution in [0.2, 0.25) is 0 Å². The predicted molar refractivity (Wildman–Crippen MR) is 106 cm³/mol. The number of hydrogen-bond donors (Lipinski definition) is 2. The number of carboxylic acids is 1. The molecule has 2 atom stereocenters. The summed E-state index contributed by atoms with van der Waals surface area (Å²) in [5, 5.41) is 12.2. The first kappa shape index (κ1) is 22.4. The van der Waals surface area contributed by atoms with Crippen molar-refractivity contribution in [1.82, 2.24) is 5.32 Å². The Morgan fingerprint density at radius 2 is 1.90 bits per heavy atom. The van der Waals surface area contributed by atoms with E-state index in [4.69, 9.17) is 9.47 Å². The third-order valence-corrected chi connectivity index (χ3v) is 4.15. The van der Waals surface area contributed by atoms with Crippen molar-refractivity contribution >= 4 is 23.8 Å². The van der Waals surface area contributed by atoms with Gasteiger partial charge >= 0.3 is 17.9 Å². The molecule has 2 rings (SSSR count). The molecular weight excluding hydrogens is 390 g/mol. The Labute approximate surface area is 173 Å². The smallest absolute Gasteiger partial charge is 0.347 e. The number of rotatable bonds is 8. The van der Waals surface area contributed by atoms with Crippen LogP contribution in [-0.2, 0) is 19.1 Å². The van der Waals surface area contributed by atoms with E-state index in [0.717, 1.165) is 6.92 Å². The zero-order valence-corrected chi connectivity index (χ0v) is 16.7. The summed E-state index contributed by atoms with van der Waals surface area (Å²) < 4.78 is 10.0. The lowest BCUT2D eigenvalue weighted by atomic mass is 9.99. The molecule has 1 aliphatic carbocycles. The van der Waals surface area contributed by atoms with Crippen LogP contribution in [0.3, 0.4) is 0 Å². The van der Waals surface area contributed by atoms with E-state index in [-0.39, 0.29) is 17.7 Å². The number of carboxylic acid groups (broad SMARTS) is 1. The molecule has 2 unspecified atom stereocenters. The van der Waals surface area contributed by atoms with Crippen molar-refractivity contribution in [3.63, 3.8) is 0 Å². The van der Waals surface area contributed by atoms with Crippen LogP contribution in [0.4, 0.5) is 0 Å². The van der Waals surface area contributed by atoms with E-state index in [9.17, 15) is 24.3 Å². The molecule has 0 bridgehead atoms. The van der Waals surface area contributed by atoms with Gasteiger partial charge in [0.25, 0.3) is 5.91 Å². The zero-order chi connectivity index (χ0) is 22.3. The molecular formula is C22H21NO7. The molecule has 0 spiro atoms. The van der Waals surface area contributed by atoms with Crippen LogP contribution in [0.25, 0.3) is 0 Å². The van der Waals surface area contributed by atoms with E-state index in [1.54, 1.807) is 31.2 Å². The minimum Gasteiger partial charge on any atom is -0.478 e. The number of carbonyl (C=O) groups is 4. The van der Waals surface area contributed by atoms with Crippen molar-refractivity contribution in [3.05, 3.63) is 64.6 Å². The number of ether oxygens (including phenoxy) is 2. The number of allylic oxidation sites excluding steroid dienone is 3. The summed E-state index contributed by atoms with van der Waals surface area (Å²) in [5.74, 6) is -3.12. The number of carbonyl (C=O) groups excluding carboxylic acids is 3. The number of nitrogens with one attached hydrogen (secondary N) is 1. The third kappa shape index (κ3) is 6.07. The summed E-state index contributed by atoms with van der Waals surface area (Å²) in [6.45, 7) is 3.93. The van der Waals surface area contributed by atoms with Crippen molar-refractivity contribution in [2.75, 3.05) is 0 Å². The maximum Gasteiger partial charge on any atom is 0.347 e. The van der Waals surface area contributed by atoms with E-state index in [1.807, 2.05) is 0 Å². The molecule has 1 aliphatic rings. The summed E-state index contributed by atoms with van der Waals surface area (Å²) in [4.78, 5) is 47.3. The Morgan fingerprint density at radius 3 is 2.47 bits per heavy atom. The van der Waals surface area contributed by atoms with Crippen LogP contribution in [0.15, 0.2) is 53.5 Å². The molecule has 0 saturated heterocycles. The summed E-state index contributed by atoms with van der Waals surface area (Å²) in [6.07, 6.45) is 3.43. The molecule has 8 heteroatoms. The maximum atomic E-state index is 12.9. The highest BCUT2D eigenvalue weighted by Gasteiger charge is 2.33. The Balaban J connectivity index is 2.36. The average molecular weight is 411 g/mol. The normalized spacial score (nSPS) is 13.8. The monoisotopic (exact) mass is 411 g/mol. The average Bonchev–Trinajstić information content (AvgIpc) is 2.67. The fraction of sp³-hybridized carbons (Fsp3) is 0.273. The van der Waals surface area contributed by atoms with Gasteiger partial charge in [-0.25, -0.2) is 4.79 Å². The van der Waals surface area contributed by atoms with Crippen molar-refractivity contribution in [3.8, 4) is 5.75 Å². The highest BCUT2D eigenvalue weighted by Crippen LogP contribution is 2.22. The van der Waals surface area contributed by atoms with Crippen molar-refractivity contribution < 1.29 is 33.8 Å². The lowest BCUT2D eigenvalue weighted by molar-refractivity contribution is -0.164. The number of hydrogen-bond acceptors (Lipinski definition) is 6. The van der Waals surface area contributed by atoms with Crippen LogP contribution in [0.1, 0.15) is 36.2 Å². The fourth-order valence-corrected chi connectivity index (χ4v) is 2.83. The van der Waals surface area contributed by atoms with Gasteiger partial charge in [-0.15, -0.1) is 0 Å². The SMILES string of the molecule is CC(=O)Oc1cccc(C(=O)NC(CC2=C=C=CC=C2)C(OC(C)=O)C(=O)O)c1C. The third-order valence-electron chi connectivity index (χ3n) is 4.15. The second-order valence-corrected chi connectivity index (χ2v) is 6.50. The van der Waals surface area contributed by atoms with Crippen LogP contribution in [-0.4, -0.2) is 41.1 Å². The van der Waals surface area contributed by atoms with Gasteiger partial charge < -0.3 is 19.9 Å². The van der Waals surface area contributed by atoms with E-state index in [1.165, 1.54) is 19.1 Å². The van der Waals surface area contributed by atoms with Crippen molar-refractivity contribution in [2.24, 2.45) is 0 Å². The topological polar surface area (TPSA) is 119 Å². The molecule has 0 radical (unpaired) electrons. The lowest BCUT2D eigenvalue weighted by Gasteiger charge is -2.25. The van der Waals surface area contributed by atoms with Gasteiger partial charge in [-0.1, -0.05) is 23.6 Å². The largest absolute Gasteiger partial charge is 0.478 e. The van der Waals surface area contributed by atoms with Crippen LogP contribution >= 0.6 is 0 Å². The van der Waals surface area contributed by atoms with Gasteiger partial charge in [0.2, 0.25) is 6.10 Å². The Morgan fingerprint density at radius 1 is 1.17 bits per heavy atom. The minimum absolute atomic E-state index is 0.0377. The number of benzene rings is 1. The molecule has 156 valence electrons. The summed E-state index contributed by atoms with van der Waals surface area (Å²) in [5.41, 5.74) is 6.76. The van der Waals surface area contributed by atoms with Gasteiger partial charge in [0.15, 0.2) is 0 Å². The van der Waals surface area contributed by atoms with Gasteiger partial charge in [-0.3, -0.25) is 14.4 Å². The first-order chi connectivity index (χ1) is 14.2. The Kier molecular flexibility index (Phi) is 7.53. The van der Waals surface area contributed by atoms with Gasteiger partial charge in [-0.2, -0.15) is 0 Å². The van der Waals surface area contributed by atoms with Crippen LogP contribution in [0.5, 0.6) is 5.75 Å². The molecule has 1 aromatic carbocycles. The van der Waals surface area contributed by atoms with E-state index in [2.05, 4.69) is 16.8 Å². The summed E-state index contributed by atoms with van der Waals surface area (Å²) >= 11 is 0. The lowest BCUT2D eigenvalue weighted by Crippen LogP contribution is -2.49. The van der Waals surface area contributed by atoms with E-state index in [0.29, 0.717) is 11.1 Å². The van der Waals surface area contributed by atoms with Gasteiger partial charge in [-0.05, 0) is 31.2 Å². The fourth-order valence-electron chi connectivity index (χ4n) is 2.83. The van der Waals surface area contributed by atoms with Crippen LogP contribution in [0, 0.1) is 6.92 Å². The molecule has 2 N–H and O–H groups in total. The first-order valence-corrected chi connectivity index (χ1v) is 9.05. The van der Waals surface area contributed by atoms with Crippen molar-refractivity contribution in [2.45, 2.75) is 39.3 Å². The van der Waals surface area contributed by atoms with Crippen LogP contribution < -0.4 is 10.1 Å². The van der Waals surface area contributed by atoms with Gasteiger partial charge in [0, 0.05) is 37.0 Å². The molecule has 8 nitrogen and oxygen atoms in total. The summed E-state index contributed by atoms with van der Waals surface area (Å²) in [7, 11) is 0. The molecule has 0 saturated carbocycles. The highest BCUT2D eigenvalue weighted by atomic mass is 16.6. The molecule has 30 heavy (non-hydrogen) atoms. The number of esters is 2. The first-order valence-electron chi connectivity index (χ1n) is 9.05. The second kappa shape index (κ2) is 10.1. The minimum atomic E-state index is -1.61. The summed E-state index contributed by atoms with van der Waals surface area (Å²) in [6, 6.07) is 3.51. The Bertz CT molecular complexity index is 1010. The maximum absolute atomic E-state index is 12.9. The molecule has 0 heterocycles.